The van der Waals surface area contributed by atoms with Crippen LogP contribution in [0.5, 0.6) is 0 Å². The number of esters is 1. The zero-order chi connectivity index (χ0) is 22.6. The molecule has 3 aromatic rings. The van der Waals surface area contributed by atoms with Gasteiger partial charge >= 0.3 is 13.6 Å². The molecule has 2 heterocycles. The summed E-state index contributed by atoms with van der Waals surface area (Å²) in [6, 6.07) is 9.75. The monoisotopic (exact) mass is 484 g/mol. The standard InChI is InChI=1S/C19H19Cl2N4O5P/c1-12-17(23-24-25(12)11-13-4-9-16(21)22-10-13)18(26)30-19(31(27,28-2)29-3)14-5-7-15(20)8-6-14/h4-10,19H,11H2,1-3H3. The Balaban J connectivity index is 1.86. The number of carbonyl (C=O) groups is 1. The highest BCUT2D eigenvalue weighted by Crippen LogP contribution is 2.60. The third-order valence-corrected chi connectivity index (χ3v) is 6.94. The minimum atomic E-state index is -3.83. The minimum absolute atomic E-state index is 0.0281. The largest absolute Gasteiger partial charge is 0.440 e. The predicted molar refractivity (Wildman–Crippen MR) is 114 cm³/mol. The van der Waals surface area contributed by atoms with E-state index in [1.165, 1.54) is 18.9 Å². The Morgan fingerprint density at radius 3 is 2.39 bits per heavy atom. The Morgan fingerprint density at radius 1 is 1.13 bits per heavy atom. The molecule has 31 heavy (non-hydrogen) atoms. The number of nitrogens with zero attached hydrogens (tertiary/aromatic N) is 4. The lowest BCUT2D eigenvalue weighted by Crippen LogP contribution is -2.15. The fourth-order valence-corrected chi connectivity index (χ4v) is 4.27. The van der Waals surface area contributed by atoms with Gasteiger partial charge in [-0.3, -0.25) is 4.57 Å². The van der Waals surface area contributed by atoms with Crippen LogP contribution < -0.4 is 0 Å². The van der Waals surface area contributed by atoms with Crippen LogP contribution in [0.25, 0.3) is 0 Å². The summed E-state index contributed by atoms with van der Waals surface area (Å²) in [5.74, 6) is -2.15. The van der Waals surface area contributed by atoms with Gasteiger partial charge in [0.05, 0.1) is 12.2 Å². The molecule has 2 aromatic heterocycles. The van der Waals surface area contributed by atoms with Crippen LogP contribution in [-0.2, 0) is 24.9 Å². The zero-order valence-corrected chi connectivity index (χ0v) is 19.3. The molecule has 0 radical (unpaired) electrons. The Morgan fingerprint density at radius 2 is 1.81 bits per heavy atom. The molecule has 0 saturated heterocycles. The third-order valence-electron chi connectivity index (χ3n) is 4.47. The first-order valence-electron chi connectivity index (χ1n) is 8.95. The highest BCUT2D eigenvalue weighted by atomic mass is 35.5. The lowest BCUT2D eigenvalue weighted by molar-refractivity contribution is 0.0373. The SMILES string of the molecule is COP(=O)(OC)C(OC(=O)c1nnn(Cc2ccc(Cl)nc2)c1C)c1ccc(Cl)cc1. The van der Waals surface area contributed by atoms with Gasteiger partial charge in [-0.1, -0.05) is 46.6 Å². The molecular weight excluding hydrogens is 466 g/mol. The number of rotatable bonds is 8. The molecule has 0 spiro atoms. The Bertz CT molecular complexity index is 1100. The molecule has 0 aliphatic rings. The lowest BCUT2D eigenvalue weighted by Gasteiger charge is -2.24. The lowest BCUT2D eigenvalue weighted by atomic mass is 10.2. The summed E-state index contributed by atoms with van der Waals surface area (Å²) in [5.41, 5.74) is 1.64. The van der Waals surface area contributed by atoms with E-state index in [9.17, 15) is 9.36 Å². The zero-order valence-electron chi connectivity index (χ0n) is 16.9. The van der Waals surface area contributed by atoms with E-state index in [2.05, 4.69) is 15.3 Å². The quantitative estimate of drug-likeness (QED) is 0.257. The number of carbonyl (C=O) groups excluding carboxylic acids is 1. The molecule has 164 valence electrons. The number of hydrogen-bond donors (Lipinski definition) is 0. The summed E-state index contributed by atoms with van der Waals surface area (Å²) in [6.45, 7) is 2.00. The summed E-state index contributed by atoms with van der Waals surface area (Å²) >= 11 is 11.7. The third kappa shape index (κ3) is 5.31. The Hall–Kier alpha value is -2.29. The van der Waals surface area contributed by atoms with Gasteiger partial charge < -0.3 is 13.8 Å². The normalized spacial score (nSPS) is 12.5. The van der Waals surface area contributed by atoms with E-state index >= 15 is 0 Å². The van der Waals surface area contributed by atoms with Gasteiger partial charge in [-0.15, -0.1) is 5.10 Å². The Kier molecular flexibility index (Phi) is 7.46. The average molecular weight is 485 g/mol. The van der Waals surface area contributed by atoms with Crippen LogP contribution in [0.4, 0.5) is 0 Å². The van der Waals surface area contributed by atoms with Crippen molar-refractivity contribution >= 4 is 36.8 Å². The maximum absolute atomic E-state index is 13.0. The van der Waals surface area contributed by atoms with Crippen LogP contribution in [-0.4, -0.2) is 40.2 Å². The molecule has 0 N–H and O–H groups in total. The number of pyridine rings is 1. The van der Waals surface area contributed by atoms with E-state index in [1.54, 1.807) is 49.5 Å². The van der Waals surface area contributed by atoms with E-state index < -0.39 is 19.4 Å². The fraction of sp³-hybridized carbons (Fsp3) is 0.263. The fourth-order valence-electron chi connectivity index (χ4n) is 2.74. The van der Waals surface area contributed by atoms with Crippen LogP contribution in [0.1, 0.15) is 33.2 Å². The molecular formula is C19H19Cl2N4O5P. The van der Waals surface area contributed by atoms with Crippen molar-refractivity contribution in [3.05, 3.63) is 75.3 Å². The van der Waals surface area contributed by atoms with Crippen molar-refractivity contribution in [2.75, 3.05) is 14.2 Å². The summed E-state index contributed by atoms with van der Waals surface area (Å²) in [5, 5.41) is 8.77. The molecule has 9 nitrogen and oxygen atoms in total. The van der Waals surface area contributed by atoms with Crippen molar-refractivity contribution in [1.82, 2.24) is 20.0 Å². The molecule has 0 fully saturated rings. The van der Waals surface area contributed by atoms with Gasteiger partial charge in [-0.25, -0.2) is 14.5 Å². The van der Waals surface area contributed by atoms with Gasteiger partial charge in [0.1, 0.15) is 5.15 Å². The van der Waals surface area contributed by atoms with Crippen molar-refractivity contribution in [2.45, 2.75) is 19.3 Å². The molecule has 0 bridgehead atoms. The van der Waals surface area contributed by atoms with Crippen LogP contribution in [0, 0.1) is 6.92 Å². The van der Waals surface area contributed by atoms with Crippen molar-refractivity contribution < 1.29 is 23.1 Å². The number of benzene rings is 1. The minimum Gasteiger partial charge on any atom is -0.440 e. The molecule has 12 heteroatoms. The van der Waals surface area contributed by atoms with E-state index in [0.29, 0.717) is 28.0 Å². The van der Waals surface area contributed by atoms with Crippen molar-refractivity contribution in [3.63, 3.8) is 0 Å². The van der Waals surface area contributed by atoms with Gasteiger partial charge in [0.15, 0.2) is 5.69 Å². The molecule has 0 amide bonds. The molecule has 0 aliphatic heterocycles. The second-order valence-electron chi connectivity index (χ2n) is 6.38. The average Bonchev–Trinajstić information content (AvgIpc) is 3.14. The van der Waals surface area contributed by atoms with Crippen LogP contribution >= 0.6 is 30.8 Å². The maximum atomic E-state index is 13.0. The van der Waals surface area contributed by atoms with Crippen molar-refractivity contribution in [3.8, 4) is 0 Å². The van der Waals surface area contributed by atoms with Crippen molar-refractivity contribution in [2.24, 2.45) is 0 Å². The summed E-state index contributed by atoms with van der Waals surface area (Å²) in [6.07, 6.45) is 1.60. The van der Waals surface area contributed by atoms with Gasteiger partial charge in [0.2, 0.25) is 5.85 Å². The van der Waals surface area contributed by atoms with Gasteiger partial charge in [0, 0.05) is 31.0 Å². The summed E-state index contributed by atoms with van der Waals surface area (Å²) < 4.78 is 30.2. The first kappa shape index (κ1) is 23.4. The van der Waals surface area contributed by atoms with E-state index in [-0.39, 0.29) is 5.69 Å². The topological polar surface area (TPSA) is 105 Å². The van der Waals surface area contributed by atoms with Crippen molar-refractivity contribution in [1.29, 1.82) is 0 Å². The molecule has 1 atom stereocenters. The predicted octanol–water partition coefficient (Wildman–Crippen LogP) is 4.68. The Labute approximate surface area is 188 Å². The smallest absolute Gasteiger partial charge is 0.375 e. The molecule has 0 saturated carbocycles. The molecule has 1 aromatic carbocycles. The van der Waals surface area contributed by atoms with Gasteiger partial charge in [0.25, 0.3) is 0 Å². The molecule has 1 unspecified atom stereocenters. The maximum Gasteiger partial charge on any atom is 0.375 e. The second kappa shape index (κ2) is 9.89. The first-order chi connectivity index (χ1) is 14.8. The van der Waals surface area contributed by atoms with Crippen LogP contribution in [0.15, 0.2) is 42.6 Å². The van der Waals surface area contributed by atoms with E-state index in [1.807, 2.05) is 0 Å². The number of aromatic nitrogens is 4. The van der Waals surface area contributed by atoms with Gasteiger partial charge in [-0.05, 0) is 30.7 Å². The first-order valence-corrected chi connectivity index (χ1v) is 11.3. The highest BCUT2D eigenvalue weighted by Gasteiger charge is 2.40. The summed E-state index contributed by atoms with van der Waals surface area (Å²) in [4.78, 5) is 16.9. The van der Waals surface area contributed by atoms with Crippen LogP contribution in [0.2, 0.25) is 10.2 Å². The molecule has 0 aliphatic carbocycles. The second-order valence-corrected chi connectivity index (χ2v) is 9.49. The summed E-state index contributed by atoms with van der Waals surface area (Å²) in [7, 11) is -1.41. The highest BCUT2D eigenvalue weighted by molar-refractivity contribution is 7.54. The number of ether oxygens (including phenoxy) is 1. The van der Waals surface area contributed by atoms with Gasteiger partial charge in [-0.2, -0.15) is 0 Å². The van der Waals surface area contributed by atoms with E-state index in [0.717, 1.165) is 5.56 Å². The van der Waals surface area contributed by atoms with E-state index in [4.69, 9.17) is 37.0 Å². The number of hydrogen-bond acceptors (Lipinski definition) is 8. The molecule has 3 rings (SSSR count). The van der Waals surface area contributed by atoms with Crippen LogP contribution in [0.3, 0.4) is 0 Å². The number of halogens is 2.